The van der Waals surface area contributed by atoms with E-state index in [4.69, 9.17) is 4.74 Å². The maximum absolute atomic E-state index is 13.0. The third-order valence-corrected chi connectivity index (χ3v) is 4.60. The van der Waals surface area contributed by atoms with Gasteiger partial charge in [-0.1, -0.05) is 30.3 Å². The van der Waals surface area contributed by atoms with Crippen molar-refractivity contribution in [2.75, 3.05) is 5.43 Å². The molecule has 0 amide bonds. The lowest BCUT2D eigenvalue weighted by Crippen LogP contribution is -1.91. The van der Waals surface area contributed by atoms with Crippen LogP contribution in [0.25, 0.3) is 11.3 Å². The Morgan fingerprint density at radius 3 is 2.54 bits per heavy atom. The summed E-state index contributed by atoms with van der Waals surface area (Å²) in [5.74, 6) is 1.26. The number of hydrogen-bond acceptors (Lipinski definition) is 5. The molecule has 0 saturated carbocycles. The van der Waals surface area contributed by atoms with Gasteiger partial charge < -0.3 is 4.74 Å². The molecule has 0 unspecified atom stereocenters. The molecule has 0 saturated heterocycles. The van der Waals surface area contributed by atoms with Crippen LogP contribution in [-0.4, -0.2) is 11.2 Å². The maximum Gasteiger partial charge on any atom is 0.203 e. The van der Waals surface area contributed by atoms with Crippen LogP contribution in [0.1, 0.15) is 5.56 Å². The molecule has 0 aliphatic rings. The monoisotopic (exact) mass is 389 g/mol. The van der Waals surface area contributed by atoms with E-state index in [1.54, 1.807) is 18.3 Å². The van der Waals surface area contributed by atoms with Gasteiger partial charge >= 0.3 is 0 Å². The molecule has 6 heteroatoms. The second kappa shape index (κ2) is 8.45. The van der Waals surface area contributed by atoms with Crippen LogP contribution in [0.15, 0.2) is 89.3 Å². The number of para-hydroxylation sites is 1. The summed E-state index contributed by atoms with van der Waals surface area (Å²) in [6.45, 7) is 0. The van der Waals surface area contributed by atoms with Crippen molar-refractivity contribution >= 4 is 22.7 Å². The minimum Gasteiger partial charge on any atom is -0.457 e. The zero-order valence-electron chi connectivity index (χ0n) is 14.7. The van der Waals surface area contributed by atoms with Gasteiger partial charge in [-0.25, -0.2) is 9.37 Å². The third kappa shape index (κ3) is 4.61. The van der Waals surface area contributed by atoms with Gasteiger partial charge in [0.2, 0.25) is 5.13 Å². The highest BCUT2D eigenvalue weighted by Crippen LogP contribution is 2.25. The molecule has 0 aliphatic heterocycles. The van der Waals surface area contributed by atoms with Crippen LogP contribution in [0.2, 0.25) is 0 Å². The van der Waals surface area contributed by atoms with E-state index >= 15 is 0 Å². The summed E-state index contributed by atoms with van der Waals surface area (Å²) >= 11 is 1.43. The number of nitrogens with zero attached hydrogens (tertiary/aromatic N) is 2. The molecule has 138 valence electrons. The molecule has 4 rings (SSSR count). The fraction of sp³-hybridized carbons (Fsp3) is 0. The van der Waals surface area contributed by atoms with Gasteiger partial charge in [-0.3, -0.25) is 5.43 Å². The Hall–Kier alpha value is -3.51. The van der Waals surface area contributed by atoms with Crippen molar-refractivity contribution in [3.8, 4) is 22.8 Å². The van der Waals surface area contributed by atoms with Crippen LogP contribution in [-0.2, 0) is 0 Å². The summed E-state index contributed by atoms with van der Waals surface area (Å²) in [7, 11) is 0. The first-order valence-corrected chi connectivity index (χ1v) is 9.48. The van der Waals surface area contributed by atoms with Gasteiger partial charge in [0.25, 0.3) is 0 Å². The molecule has 0 radical (unpaired) electrons. The average Bonchev–Trinajstić information content (AvgIpc) is 3.19. The summed E-state index contributed by atoms with van der Waals surface area (Å²) < 4.78 is 18.9. The van der Waals surface area contributed by atoms with Crippen molar-refractivity contribution in [2.24, 2.45) is 5.10 Å². The molecule has 0 fully saturated rings. The number of ether oxygens (including phenoxy) is 1. The van der Waals surface area contributed by atoms with Crippen molar-refractivity contribution < 1.29 is 9.13 Å². The smallest absolute Gasteiger partial charge is 0.203 e. The summed E-state index contributed by atoms with van der Waals surface area (Å²) in [5.41, 5.74) is 5.47. The van der Waals surface area contributed by atoms with Crippen molar-refractivity contribution in [3.05, 3.63) is 95.6 Å². The van der Waals surface area contributed by atoms with Gasteiger partial charge in [-0.15, -0.1) is 11.3 Å². The quantitative estimate of drug-likeness (QED) is 0.316. The predicted octanol–water partition coefficient (Wildman–Crippen LogP) is 6.19. The topological polar surface area (TPSA) is 46.5 Å². The van der Waals surface area contributed by atoms with Gasteiger partial charge in [0.05, 0.1) is 11.9 Å². The zero-order chi connectivity index (χ0) is 19.2. The Bertz CT molecular complexity index is 1080. The average molecular weight is 389 g/mol. The number of halogens is 1. The molecule has 0 spiro atoms. The van der Waals surface area contributed by atoms with Gasteiger partial charge in [-0.05, 0) is 54.1 Å². The third-order valence-electron chi connectivity index (χ3n) is 3.85. The molecule has 4 aromatic rings. The highest BCUT2D eigenvalue weighted by Gasteiger charge is 2.04. The van der Waals surface area contributed by atoms with Crippen LogP contribution < -0.4 is 10.2 Å². The second-order valence-electron chi connectivity index (χ2n) is 5.90. The van der Waals surface area contributed by atoms with E-state index in [2.05, 4.69) is 15.5 Å². The van der Waals surface area contributed by atoms with E-state index in [-0.39, 0.29) is 5.82 Å². The van der Waals surface area contributed by atoms with Crippen LogP contribution in [0.3, 0.4) is 0 Å². The van der Waals surface area contributed by atoms with E-state index < -0.39 is 0 Å². The van der Waals surface area contributed by atoms with Crippen LogP contribution >= 0.6 is 11.3 Å². The Labute approximate surface area is 166 Å². The fourth-order valence-corrected chi connectivity index (χ4v) is 3.19. The second-order valence-corrected chi connectivity index (χ2v) is 6.76. The Morgan fingerprint density at radius 1 is 0.929 bits per heavy atom. The molecular weight excluding hydrogens is 373 g/mol. The molecule has 1 aromatic heterocycles. The van der Waals surface area contributed by atoms with E-state index in [0.717, 1.165) is 28.3 Å². The van der Waals surface area contributed by atoms with E-state index in [0.29, 0.717) is 5.13 Å². The van der Waals surface area contributed by atoms with Crippen LogP contribution in [0.4, 0.5) is 9.52 Å². The first kappa shape index (κ1) is 17.9. The molecule has 1 N–H and O–H groups in total. The highest BCUT2D eigenvalue weighted by atomic mass is 32.1. The molecule has 0 atom stereocenters. The summed E-state index contributed by atoms with van der Waals surface area (Å²) in [4.78, 5) is 4.46. The molecule has 0 aliphatic carbocycles. The Morgan fingerprint density at radius 2 is 1.71 bits per heavy atom. The van der Waals surface area contributed by atoms with Gasteiger partial charge in [-0.2, -0.15) is 5.10 Å². The van der Waals surface area contributed by atoms with Crippen molar-refractivity contribution in [2.45, 2.75) is 0 Å². The van der Waals surface area contributed by atoms with Gasteiger partial charge in [0, 0.05) is 10.9 Å². The number of hydrazone groups is 1. The summed E-state index contributed by atoms with van der Waals surface area (Å²) in [6, 6.07) is 23.5. The molecule has 1 heterocycles. The van der Waals surface area contributed by atoms with Gasteiger partial charge in [0.1, 0.15) is 17.3 Å². The lowest BCUT2D eigenvalue weighted by molar-refractivity contribution is 0.482. The van der Waals surface area contributed by atoms with E-state index in [1.807, 2.05) is 60.0 Å². The maximum atomic E-state index is 13.0. The van der Waals surface area contributed by atoms with Crippen LogP contribution in [0, 0.1) is 5.82 Å². The highest BCUT2D eigenvalue weighted by molar-refractivity contribution is 7.14. The first-order valence-electron chi connectivity index (χ1n) is 8.60. The molecule has 28 heavy (non-hydrogen) atoms. The standard InChI is InChI=1S/C22H16FN3OS/c23-18-11-9-17(10-12-18)21-15-28-22(25-21)26-24-14-16-5-4-8-20(13-16)27-19-6-2-1-3-7-19/h1-15H,(H,25,26)/b24-14+. The number of nitrogens with one attached hydrogen (secondary N) is 1. The minimum atomic E-state index is -0.264. The van der Waals surface area contributed by atoms with E-state index in [1.165, 1.54) is 23.5 Å². The van der Waals surface area contributed by atoms with Crippen molar-refractivity contribution in [1.82, 2.24) is 4.98 Å². The van der Waals surface area contributed by atoms with E-state index in [9.17, 15) is 4.39 Å². The summed E-state index contributed by atoms with van der Waals surface area (Å²) in [6.07, 6.45) is 1.71. The molecular formula is C22H16FN3OS. The van der Waals surface area contributed by atoms with Crippen molar-refractivity contribution in [3.63, 3.8) is 0 Å². The number of rotatable bonds is 6. The zero-order valence-corrected chi connectivity index (χ0v) is 15.6. The Balaban J connectivity index is 1.40. The molecule has 0 bridgehead atoms. The number of anilines is 1. The SMILES string of the molecule is Fc1ccc(-c2csc(N/N=C/c3cccc(Oc4ccccc4)c3)n2)cc1. The summed E-state index contributed by atoms with van der Waals surface area (Å²) in [5, 5.41) is 6.80. The minimum absolute atomic E-state index is 0.264. The molecule has 3 aromatic carbocycles. The Kier molecular flexibility index (Phi) is 5.40. The predicted molar refractivity (Wildman–Crippen MR) is 112 cm³/mol. The molecule has 4 nitrogen and oxygen atoms in total. The van der Waals surface area contributed by atoms with Crippen LogP contribution in [0.5, 0.6) is 11.5 Å². The number of benzene rings is 3. The number of hydrogen-bond donors (Lipinski definition) is 1. The van der Waals surface area contributed by atoms with Gasteiger partial charge in [0.15, 0.2) is 0 Å². The largest absolute Gasteiger partial charge is 0.457 e. The fourth-order valence-electron chi connectivity index (χ4n) is 2.52. The lowest BCUT2D eigenvalue weighted by Gasteiger charge is -2.05. The normalized spacial score (nSPS) is 10.9. The first-order chi connectivity index (χ1) is 13.8. The number of thiazole rings is 1. The lowest BCUT2D eigenvalue weighted by atomic mass is 10.2. The van der Waals surface area contributed by atoms with Crippen molar-refractivity contribution in [1.29, 1.82) is 0 Å². The number of aromatic nitrogens is 1.